The number of hydrogen-bond acceptors (Lipinski definition) is 5. The predicted molar refractivity (Wildman–Crippen MR) is 117 cm³/mol. The molecular weight excluding hydrogens is 410 g/mol. The molecule has 0 bridgehead atoms. The fourth-order valence-corrected chi connectivity index (χ4v) is 3.53. The van der Waals surface area contributed by atoms with Crippen molar-refractivity contribution in [2.75, 3.05) is 5.32 Å². The molecule has 1 heterocycles. The quantitative estimate of drug-likeness (QED) is 0.423. The Morgan fingerprint density at radius 2 is 1.86 bits per heavy atom. The summed E-state index contributed by atoms with van der Waals surface area (Å²) < 4.78 is 24.2. The minimum absolute atomic E-state index is 0.00257. The van der Waals surface area contributed by atoms with Gasteiger partial charge >= 0.3 is 0 Å². The lowest BCUT2D eigenvalue weighted by molar-refractivity contribution is 0.436. The Labute approximate surface area is 174 Å². The maximum atomic E-state index is 11.3. The van der Waals surface area contributed by atoms with E-state index in [1.165, 1.54) is 24.3 Å². The largest absolute Gasteiger partial charge is 0.493 e. The summed E-state index contributed by atoms with van der Waals surface area (Å²) in [4.78, 5) is -0.00257. The molecular formula is C19H21N5O3S2. The van der Waals surface area contributed by atoms with Crippen molar-refractivity contribution in [2.24, 2.45) is 22.4 Å². The Kier molecular flexibility index (Phi) is 5.69. The monoisotopic (exact) mass is 431 g/mol. The lowest BCUT2D eigenvalue weighted by atomic mass is 10.0. The molecule has 4 N–H and O–H groups in total. The molecule has 0 aliphatic rings. The second kappa shape index (κ2) is 7.90. The van der Waals surface area contributed by atoms with E-state index in [-0.39, 0.29) is 15.9 Å². The maximum absolute atomic E-state index is 11.3. The molecule has 0 aliphatic carbocycles. The van der Waals surface area contributed by atoms with Gasteiger partial charge in [0.1, 0.15) is 0 Å². The number of anilines is 1. The number of fused-ring (bicyclic) bond motifs is 1. The molecule has 0 atom stereocenters. The van der Waals surface area contributed by atoms with Gasteiger partial charge in [-0.1, -0.05) is 19.9 Å². The number of rotatable bonds is 4. The van der Waals surface area contributed by atoms with Gasteiger partial charge in [-0.2, -0.15) is 0 Å². The van der Waals surface area contributed by atoms with Gasteiger partial charge in [0.05, 0.1) is 10.4 Å². The molecule has 0 amide bonds. The van der Waals surface area contributed by atoms with Crippen molar-refractivity contribution >= 4 is 49.6 Å². The molecule has 2 aromatic carbocycles. The highest BCUT2D eigenvalue weighted by molar-refractivity contribution is 7.89. The molecule has 0 saturated carbocycles. The van der Waals surface area contributed by atoms with E-state index in [2.05, 4.69) is 29.4 Å². The van der Waals surface area contributed by atoms with Gasteiger partial charge in [0, 0.05) is 18.1 Å². The van der Waals surface area contributed by atoms with Crippen LogP contribution in [0.4, 0.5) is 11.4 Å². The third-order valence-corrected chi connectivity index (χ3v) is 5.62. The molecule has 0 saturated heterocycles. The SMILES string of the molecule is CC(C)c1ccc2c(c1)c(N=NC(=S)Nc1ccc(S(N)(=O)=O)cc1)c(O)n2C. The summed E-state index contributed by atoms with van der Waals surface area (Å²) in [5, 5.41) is 27.3. The predicted octanol–water partition coefficient (Wildman–Crippen LogP) is 4.14. The van der Waals surface area contributed by atoms with Gasteiger partial charge in [0.25, 0.3) is 0 Å². The molecule has 1 aromatic heterocycles. The van der Waals surface area contributed by atoms with Gasteiger partial charge in [0.15, 0.2) is 5.69 Å². The number of aromatic nitrogens is 1. The van der Waals surface area contributed by atoms with Crippen LogP contribution >= 0.6 is 12.2 Å². The van der Waals surface area contributed by atoms with E-state index in [0.717, 1.165) is 16.5 Å². The van der Waals surface area contributed by atoms with Gasteiger partial charge in [-0.25, -0.2) is 13.6 Å². The van der Waals surface area contributed by atoms with Crippen LogP contribution in [-0.4, -0.2) is 23.2 Å². The highest BCUT2D eigenvalue weighted by atomic mass is 32.2. The van der Waals surface area contributed by atoms with Gasteiger partial charge in [-0.3, -0.25) is 0 Å². The smallest absolute Gasteiger partial charge is 0.238 e. The number of azo groups is 1. The Balaban J connectivity index is 1.85. The summed E-state index contributed by atoms with van der Waals surface area (Å²) in [7, 11) is -2.01. The van der Waals surface area contributed by atoms with Gasteiger partial charge in [0.2, 0.25) is 21.0 Å². The first-order valence-corrected chi connectivity index (χ1v) is 10.7. The van der Waals surface area contributed by atoms with E-state index in [4.69, 9.17) is 17.4 Å². The third kappa shape index (κ3) is 4.44. The molecule has 3 rings (SSSR count). The van der Waals surface area contributed by atoms with Crippen LogP contribution in [0.1, 0.15) is 25.3 Å². The third-order valence-electron chi connectivity index (χ3n) is 4.51. The molecule has 0 aliphatic heterocycles. The molecule has 10 heteroatoms. The van der Waals surface area contributed by atoms with Gasteiger partial charge in [-0.05, 0) is 60.1 Å². The Morgan fingerprint density at radius 1 is 1.21 bits per heavy atom. The van der Waals surface area contributed by atoms with E-state index in [1.807, 2.05) is 18.2 Å². The molecule has 0 radical (unpaired) electrons. The lowest BCUT2D eigenvalue weighted by Crippen LogP contribution is -2.12. The van der Waals surface area contributed by atoms with Crippen molar-refractivity contribution in [3.05, 3.63) is 48.0 Å². The minimum Gasteiger partial charge on any atom is -0.493 e. The molecule has 3 aromatic rings. The van der Waals surface area contributed by atoms with Crippen LogP contribution in [0.5, 0.6) is 5.88 Å². The average molecular weight is 432 g/mol. The first-order valence-electron chi connectivity index (χ1n) is 8.75. The second-order valence-electron chi connectivity index (χ2n) is 6.86. The van der Waals surface area contributed by atoms with E-state index < -0.39 is 10.0 Å². The number of aromatic hydroxyl groups is 1. The number of primary sulfonamides is 1. The van der Waals surface area contributed by atoms with E-state index in [1.54, 1.807) is 11.6 Å². The standard InChI is InChI=1S/C19H21N5O3S2/c1-11(2)12-4-9-16-15(10-12)17(18(25)24(16)3)22-23-19(28)21-13-5-7-14(8-6-13)29(20,26)27/h4-11,25H,1-3H3,(H,21,28)(H2,20,26,27). The van der Waals surface area contributed by atoms with Crippen LogP contribution in [0.15, 0.2) is 57.6 Å². The summed E-state index contributed by atoms with van der Waals surface area (Å²) in [5.74, 6) is 0.319. The number of benzene rings is 2. The number of nitrogens with one attached hydrogen (secondary N) is 1. The zero-order valence-electron chi connectivity index (χ0n) is 16.1. The molecule has 0 spiro atoms. The number of aryl methyl sites for hydroxylation is 1. The zero-order valence-corrected chi connectivity index (χ0v) is 17.8. The summed E-state index contributed by atoms with van der Waals surface area (Å²) in [6.45, 7) is 4.18. The number of nitrogens with two attached hydrogens (primary N) is 1. The second-order valence-corrected chi connectivity index (χ2v) is 8.81. The fraction of sp³-hybridized carbons (Fsp3) is 0.211. The Hall–Kier alpha value is -2.82. The van der Waals surface area contributed by atoms with Crippen LogP contribution in [-0.2, 0) is 17.1 Å². The van der Waals surface area contributed by atoms with E-state index in [9.17, 15) is 13.5 Å². The Bertz CT molecular complexity index is 1210. The van der Waals surface area contributed by atoms with E-state index >= 15 is 0 Å². The van der Waals surface area contributed by atoms with Crippen LogP contribution in [0, 0.1) is 0 Å². The van der Waals surface area contributed by atoms with Crippen molar-refractivity contribution in [3.63, 3.8) is 0 Å². The van der Waals surface area contributed by atoms with E-state index in [0.29, 0.717) is 17.3 Å². The summed E-state index contributed by atoms with van der Waals surface area (Å²) in [6, 6.07) is 11.7. The summed E-state index contributed by atoms with van der Waals surface area (Å²) >= 11 is 5.18. The first kappa shape index (κ1) is 20.9. The van der Waals surface area contributed by atoms with Crippen LogP contribution in [0.2, 0.25) is 0 Å². The van der Waals surface area contributed by atoms with Crippen molar-refractivity contribution < 1.29 is 13.5 Å². The van der Waals surface area contributed by atoms with Crippen LogP contribution in [0.3, 0.4) is 0 Å². The number of thiocarbonyl (C=S) groups is 1. The average Bonchev–Trinajstić information content (AvgIpc) is 2.89. The highest BCUT2D eigenvalue weighted by Crippen LogP contribution is 2.39. The normalized spacial score (nSPS) is 12.2. The zero-order chi connectivity index (χ0) is 21.3. The van der Waals surface area contributed by atoms with Crippen molar-refractivity contribution in [2.45, 2.75) is 24.7 Å². The van der Waals surface area contributed by atoms with Gasteiger partial charge in [-0.15, -0.1) is 10.2 Å². The summed E-state index contributed by atoms with van der Waals surface area (Å²) in [6.07, 6.45) is 0. The number of hydrogen-bond donors (Lipinski definition) is 3. The Morgan fingerprint density at radius 3 is 2.45 bits per heavy atom. The van der Waals surface area contributed by atoms with Gasteiger partial charge < -0.3 is 15.0 Å². The number of nitrogens with zero attached hydrogens (tertiary/aromatic N) is 3. The summed E-state index contributed by atoms with van der Waals surface area (Å²) in [5.41, 5.74) is 2.82. The molecule has 8 nitrogen and oxygen atoms in total. The molecule has 152 valence electrons. The lowest BCUT2D eigenvalue weighted by Gasteiger charge is -2.05. The minimum atomic E-state index is -3.76. The molecule has 0 fully saturated rings. The van der Waals surface area contributed by atoms with Crippen molar-refractivity contribution in [1.29, 1.82) is 0 Å². The first-order chi connectivity index (χ1) is 13.6. The van der Waals surface area contributed by atoms with Crippen LogP contribution < -0.4 is 10.5 Å². The number of sulfonamides is 1. The molecule has 29 heavy (non-hydrogen) atoms. The fourth-order valence-electron chi connectivity index (χ4n) is 2.86. The topological polar surface area (TPSA) is 122 Å². The van der Waals surface area contributed by atoms with Crippen LogP contribution in [0.25, 0.3) is 10.9 Å². The molecule has 0 unspecified atom stereocenters. The maximum Gasteiger partial charge on any atom is 0.238 e. The van der Waals surface area contributed by atoms with Crippen molar-refractivity contribution in [1.82, 2.24) is 4.57 Å². The van der Waals surface area contributed by atoms with Crippen molar-refractivity contribution in [3.8, 4) is 5.88 Å². The highest BCUT2D eigenvalue weighted by Gasteiger charge is 2.16.